The van der Waals surface area contributed by atoms with Crippen molar-refractivity contribution in [3.8, 4) is 0 Å². The summed E-state index contributed by atoms with van der Waals surface area (Å²) in [6.45, 7) is -1.72. The standard InChI is InChI=1S/C10H14F4N4O2/c1-19-3-6-2-7(18-15)17-8(16-6)4-20-5-10(13,14)9(11)12/h2,9H,3-5,15H2,1H3,(H,16,17,18). The number of nitrogens with zero attached hydrogens (tertiary/aromatic N) is 2. The van der Waals surface area contributed by atoms with Crippen LogP contribution < -0.4 is 11.3 Å². The summed E-state index contributed by atoms with van der Waals surface area (Å²) >= 11 is 0. The van der Waals surface area contributed by atoms with Gasteiger partial charge in [-0.1, -0.05) is 0 Å². The van der Waals surface area contributed by atoms with Gasteiger partial charge in [-0.25, -0.2) is 24.6 Å². The second-order valence-corrected chi connectivity index (χ2v) is 3.79. The molecule has 0 unspecified atom stereocenters. The molecule has 6 nitrogen and oxygen atoms in total. The zero-order valence-electron chi connectivity index (χ0n) is 10.6. The van der Waals surface area contributed by atoms with Gasteiger partial charge in [-0.2, -0.15) is 8.78 Å². The van der Waals surface area contributed by atoms with Crippen molar-refractivity contribution in [3.05, 3.63) is 17.6 Å². The second kappa shape index (κ2) is 7.31. The minimum atomic E-state index is -4.21. The lowest BCUT2D eigenvalue weighted by Crippen LogP contribution is -2.32. The molecule has 0 aromatic carbocycles. The quantitative estimate of drug-likeness (QED) is 0.428. The molecule has 20 heavy (non-hydrogen) atoms. The van der Waals surface area contributed by atoms with E-state index in [4.69, 9.17) is 10.6 Å². The van der Waals surface area contributed by atoms with E-state index in [9.17, 15) is 17.6 Å². The molecule has 1 aromatic heterocycles. The Hall–Kier alpha value is -1.52. The summed E-state index contributed by atoms with van der Waals surface area (Å²) in [7, 11) is 1.44. The topological polar surface area (TPSA) is 82.3 Å². The number of hydrazine groups is 1. The summed E-state index contributed by atoms with van der Waals surface area (Å²) in [5, 5.41) is 0. The molecule has 0 spiro atoms. The van der Waals surface area contributed by atoms with Crippen molar-refractivity contribution in [1.29, 1.82) is 0 Å². The number of ether oxygens (including phenoxy) is 2. The molecular formula is C10H14F4N4O2. The van der Waals surface area contributed by atoms with Crippen molar-refractivity contribution < 1.29 is 27.0 Å². The van der Waals surface area contributed by atoms with Crippen LogP contribution in [0, 0.1) is 0 Å². The number of anilines is 1. The predicted molar refractivity (Wildman–Crippen MR) is 61.2 cm³/mol. The van der Waals surface area contributed by atoms with Crippen LogP contribution >= 0.6 is 0 Å². The van der Waals surface area contributed by atoms with E-state index in [0.29, 0.717) is 5.69 Å². The molecule has 0 radical (unpaired) electrons. The number of methoxy groups -OCH3 is 1. The molecule has 10 heteroatoms. The van der Waals surface area contributed by atoms with Crippen LogP contribution in [-0.2, 0) is 22.7 Å². The summed E-state index contributed by atoms with van der Waals surface area (Å²) in [6.07, 6.45) is -3.79. The Balaban J connectivity index is 2.65. The molecule has 0 saturated heterocycles. The Kier molecular flexibility index (Phi) is 6.05. The van der Waals surface area contributed by atoms with Crippen LogP contribution in [0.4, 0.5) is 23.4 Å². The van der Waals surface area contributed by atoms with Gasteiger partial charge in [0.25, 0.3) is 0 Å². The largest absolute Gasteiger partial charge is 0.378 e. The van der Waals surface area contributed by atoms with Gasteiger partial charge in [-0.3, -0.25) is 0 Å². The molecule has 0 aliphatic heterocycles. The van der Waals surface area contributed by atoms with Crippen LogP contribution in [-0.4, -0.2) is 36.0 Å². The number of rotatable bonds is 8. The first-order valence-corrected chi connectivity index (χ1v) is 5.45. The Morgan fingerprint density at radius 1 is 1.35 bits per heavy atom. The Morgan fingerprint density at radius 3 is 2.60 bits per heavy atom. The number of hydrogen-bond acceptors (Lipinski definition) is 6. The van der Waals surface area contributed by atoms with Crippen LogP contribution in [0.2, 0.25) is 0 Å². The van der Waals surface area contributed by atoms with Crippen molar-refractivity contribution in [1.82, 2.24) is 9.97 Å². The van der Waals surface area contributed by atoms with Gasteiger partial charge in [0.1, 0.15) is 19.0 Å². The third-order valence-corrected chi connectivity index (χ3v) is 2.11. The summed E-state index contributed by atoms with van der Waals surface area (Å²) in [4.78, 5) is 7.78. The maximum Gasteiger partial charge on any atom is 0.330 e. The Morgan fingerprint density at radius 2 is 2.05 bits per heavy atom. The maximum atomic E-state index is 12.6. The molecule has 3 N–H and O–H groups in total. The van der Waals surface area contributed by atoms with Crippen LogP contribution in [0.3, 0.4) is 0 Å². The average Bonchev–Trinajstić information content (AvgIpc) is 2.38. The highest BCUT2D eigenvalue weighted by molar-refractivity contribution is 5.34. The van der Waals surface area contributed by atoms with Crippen molar-refractivity contribution >= 4 is 5.82 Å². The third-order valence-electron chi connectivity index (χ3n) is 2.11. The second-order valence-electron chi connectivity index (χ2n) is 3.79. The van der Waals surface area contributed by atoms with Gasteiger partial charge < -0.3 is 14.9 Å². The summed E-state index contributed by atoms with van der Waals surface area (Å²) < 4.78 is 58.5. The van der Waals surface area contributed by atoms with Crippen LogP contribution in [0.25, 0.3) is 0 Å². The average molecular weight is 298 g/mol. The van der Waals surface area contributed by atoms with E-state index in [1.807, 2.05) is 0 Å². The minimum absolute atomic E-state index is 0.0255. The van der Waals surface area contributed by atoms with Gasteiger partial charge in [0.05, 0.1) is 12.3 Å². The molecule has 0 bridgehead atoms. The van der Waals surface area contributed by atoms with E-state index < -0.39 is 25.6 Å². The Bertz CT molecular complexity index is 434. The van der Waals surface area contributed by atoms with Crippen molar-refractivity contribution in [2.45, 2.75) is 25.6 Å². The number of aromatic nitrogens is 2. The summed E-state index contributed by atoms with van der Waals surface area (Å²) in [5.74, 6) is 1.22. The van der Waals surface area contributed by atoms with E-state index >= 15 is 0 Å². The summed E-state index contributed by atoms with van der Waals surface area (Å²) in [5.41, 5.74) is 2.70. The van der Waals surface area contributed by atoms with Crippen LogP contribution in [0.1, 0.15) is 11.5 Å². The smallest absolute Gasteiger partial charge is 0.330 e. The predicted octanol–water partition coefficient (Wildman–Crippen LogP) is 1.33. The molecule has 0 atom stereocenters. The minimum Gasteiger partial charge on any atom is -0.378 e. The normalized spacial score (nSPS) is 11.9. The molecule has 0 fully saturated rings. The lowest BCUT2D eigenvalue weighted by atomic mass is 10.4. The molecule has 1 aromatic rings. The molecular weight excluding hydrogens is 284 g/mol. The molecule has 1 rings (SSSR count). The monoisotopic (exact) mass is 298 g/mol. The number of nitrogen functional groups attached to an aromatic ring is 1. The van der Waals surface area contributed by atoms with Gasteiger partial charge in [-0.15, -0.1) is 0 Å². The highest BCUT2D eigenvalue weighted by atomic mass is 19.3. The number of nitrogens with two attached hydrogens (primary N) is 1. The lowest BCUT2D eigenvalue weighted by molar-refractivity contribution is -0.168. The Labute approximate surface area is 112 Å². The zero-order chi connectivity index (χ0) is 15.2. The van der Waals surface area contributed by atoms with E-state index in [1.54, 1.807) is 0 Å². The highest BCUT2D eigenvalue weighted by Crippen LogP contribution is 2.23. The van der Waals surface area contributed by atoms with Crippen LogP contribution in [0.15, 0.2) is 6.07 Å². The first-order valence-electron chi connectivity index (χ1n) is 5.45. The van der Waals surface area contributed by atoms with E-state index in [2.05, 4.69) is 20.1 Å². The van der Waals surface area contributed by atoms with Crippen LogP contribution in [0.5, 0.6) is 0 Å². The van der Waals surface area contributed by atoms with E-state index in [1.165, 1.54) is 13.2 Å². The molecule has 0 saturated carbocycles. The van der Waals surface area contributed by atoms with Gasteiger partial charge in [0.15, 0.2) is 5.82 Å². The van der Waals surface area contributed by atoms with Crippen molar-refractivity contribution in [2.75, 3.05) is 19.1 Å². The number of alkyl halides is 4. The van der Waals surface area contributed by atoms with Crippen molar-refractivity contribution in [2.24, 2.45) is 5.84 Å². The lowest BCUT2D eigenvalue weighted by Gasteiger charge is -2.15. The molecule has 0 aliphatic carbocycles. The summed E-state index contributed by atoms with van der Waals surface area (Å²) in [6, 6.07) is 1.49. The van der Waals surface area contributed by atoms with Gasteiger partial charge in [-0.05, 0) is 0 Å². The zero-order valence-corrected chi connectivity index (χ0v) is 10.6. The van der Waals surface area contributed by atoms with E-state index in [0.717, 1.165) is 0 Å². The molecule has 0 aliphatic rings. The molecule has 1 heterocycles. The van der Waals surface area contributed by atoms with Gasteiger partial charge >= 0.3 is 12.3 Å². The van der Waals surface area contributed by atoms with Crippen molar-refractivity contribution in [3.63, 3.8) is 0 Å². The number of halogens is 4. The van der Waals surface area contributed by atoms with Gasteiger partial charge in [0.2, 0.25) is 0 Å². The molecule has 114 valence electrons. The highest BCUT2D eigenvalue weighted by Gasteiger charge is 2.41. The fourth-order valence-corrected chi connectivity index (χ4v) is 1.25. The van der Waals surface area contributed by atoms with Gasteiger partial charge in [0, 0.05) is 13.2 Å². The van der Waals surface area contributed by atoms with E-state index in [-0.39, 0.29) is 18.2 Å². The number of hydrogen-bond donors (Lipinski definition) is 2. The molecule has 0 amide bonds. The third kappa shape index (κ3) is 4.87. The number of nitrogens with one attached hydrogen (secondary N) is 1. The first kappa shape index (κ1) is 16.5. The SMILES string of the molecule is COCc1cc(NN)nc(COCC(F)(F)C(F)F)n1. The first-order chi connectivity index (χ1) is 9.39. The fraction of sp³-hybridized carbons (Fsp3) is 0.600. The fourth-order valence-electron chi connectivity index (χ4n) is 1.25. The maximum absolute atomic E-state index is 12.6.